The Balaban J connectivity index is 1.66. The third-order valence-corrected chi connectivity index (χ3v) is 6.76. The molecule has 0 fully saturated rings. The standard InChI is InChI=1S/C33H27N/c1-23(2)29-22-33-31(21-30(29)25-14-7-4-8-15-25)28-18-9-10-19-32(28)34(33)27-17-11-16-26(20-27)24-12-5-3-6-13-24/h3-23H,1-2H3. The number of benzene rings is 5. The first-order chi connectivity index (χ1) is 16.7. The van der Waals surface area contributed by atoms with Crippen LogP contribution in [0.3, 0.4) is 0 Å². The molecule has 6 aromatic rings. The van der Waals surface area contributed by atoms with E-state index in [2.05, 4.69) is 140 Å². The maximum absolute atomic E-state index is 2.43. The van der Waals surface area contributed by atoms with Gasteiger partial charge in [0.05, 0.1) is 11.0 Å². The minimum Gasteiger partial charge on any atom is -0.309 e. The summed E-state index contributed by atoms with van der Waals surface area (Å²) in [6.45, 7) is 4.58. The van der Waals surface area contributed by atoms with Gasteiger partial charge in [-0.05, 0) is 64.1 Å². The topological polar surface area (TPSA) is 4.93 Å². The number of aromatic nitrogens is 1. The third kappa shape index (κ3) is 3.41. The van der Waals surface area contributed by atoms with Gasteiger partial charge < -0.3 is 4.57 Å². The summed E-state index contributed by atoms with van der Waals surface area (Å²) >= 11 is 0. The van der Waals surface area contributed by atoms with Crippen LogP contribution in [-0.4, -0.2) is 4.57 Å². The summed E-state index contributed by atoms with van der Waals surface area (Å²) in [7, 11) is 0. The first-order valence-corrected chi connectivity index (χ1v) is 12.0. The zero-order valence-electron chi connectivity index (χ0n) is 19.6. The molecule has 0 aliphatic rings. The van der Waals surface area contributed by atoms with Crippen molar-refractivity contribution in [3.8, 4) is 27.9 Å². The van der Waals surface area contributed by atoms with Crippen LogP contribution in [0.1, 0.15) is 25.3 Å². The first kappa shape index (κ1) is 20.5. The maximum Gasteiger partial charge on any atom is 0.0544 e. The molecule has 0 bridgehead atoms. The normalized spacial score (nSPS) is 11.5. The van der Waals surface area contributed by atoms with E-state index in [4.69, 9.17) is 0 Å². The number of nitrogens with zero attached hydrogens (tertiary/aromatic N) is 1. The second-order valence-corrected chi connectivity index (χ2v) is 9.25. The van der Waals surface area contributed by atoms with E-state index in [-0.39, 0.29) is 0 Å². The highest BCUT2D eigenvalue weighted by Gasteiger charge is 2.17. The SMILES string of the molecule is CC(C)c1cc2c(cc1-c1ccccc1)c1ccccc1n2-c1cccc(-c2ccccc2)c1. The molecule has 0 aliphatic heterocycles. The Morgan fingerprint density at radius 3 is 1.88 bits per heavy atom. The molecule has 0 saturated heterocycles. The molecular formula is C33H27N. The van der Waals surface area contributed by atoms with Gasteiger partial charge in [-0.2, -0.15) is 0 Å². The van der Waals surface area contributed by atoms with E-state index in [1.165, 1.54) is 55.3 Å². The Hall–Kier alpha value is -4.10. The van der Waals surface area contributed by atoms with Crippen LogP contribution in [0.15, 0.2) is 121 Å². The van der Waals surface area contributed by atoms with Crippen LogP contribution < -0.4 is 0 Å². The zero-order chi connectivity index (χ0) is 23.1. The Morgan fingerprint density at radius 1 is 0.500 bits per heavy atom. The molecule has 0 aliphatic carbocycles. The van der Waals surface area contributed by atoms with Crippen LogP contribution in [0.4, 0.5) is 0 Å². The smallest absolute Gasteiger partial charge is 0.0544 e. The summed E-state index contributed by atoms with van der Waals surface area (Å²) in [5, 5.41) is 2.58. The molecular weight excluding hydrogens is 410 g/mol. The van der Waals surface area contributed by atoms with Crippen molar-refractivity contribution in [2.45, 2.75) is 19.8 Å². The molecule has 1 heteroatoms. The van der Waals surface area contributed by atoms with Crippen molar-refractivity contribution < 1.29 is 0 Å². The van der Waals surface area contributed by atoms with Crippen molar-refractivity contribution in [2.75, 3.05) is 0 Å². The number of hydrogen-bond donors (Lipinski definition) is 0. The molecule has 0 saturated carbocycles. The van der Waals surface area contributed by atoms with Crippen LogP contribution in [0, 0.1) is 0 Å². The second-order valence-electron chi connectivity index (χ2n) is 9.25. The van der Waals surface area contributed by atoms with Crippen molar-refractivity contribution >= 4 is 21.8 Å². The van der Waals surface area contributed by atoms with E-state index in [0.29, 0.717) is 5.92 Å². The Labute approximate surface area is 200 Å². The average molecular weight is 438 g/mol. The Morgan fingerprint density at radius 2 is 1.15 bits per heavy atom. The van der Waals surface area contributed by atoms with Gasteiger partial charge in [-0.25, -0.2) is 0 Å². The fraction of sp³-hybridized carbons (Fsp3) is 0.0909. The van der Waals surface area contributed by atoms with Gasteiger partial charge >= 0.3 is 0 Å². The largest absolute Gasteiger partial charge is 0.309 e. The molecule has 0 unspecified atom stereocenters. The summed E-state index contributed by atoms with van der Waals surface area (Å²) in [6, 6.07) is 43.9. The van der Waals surface area contributed by atoms with Gasteiger partial charge in [-0.1, -0.05) is 105 Å². The minimum atomic E-state index is 0.418. The molecule has 164 valence electrons. The van der Waals surface area contributed by atoms with E-state index in [1.807, 2.05) is 0 Å². The van der Waals surface area contributed by atoms with Crippen molar-refractivity contribution in [3.05, 3.63) is 127 Å². The van der Waals surface area contributed by atoms with Gasteiger partial charge in [-0.15, -0.1) is 0 Å². The molecule has 0 amide bonds. The molecule has 0 N–H and O–H groups in total. The third-order valence-electron chi connectivity index (χ3n) is 6.76. The monoisotopic (exact) mass is 437 g/mol. The summed E-state index contributed by atoms with van der Waals surface area (Å²) in [4.78, 5) is 0. The number of para-hydroxylation sites is 1. The quantitative estimate of drug-likeness (QED) is 0.259. The molecule has 1 aromatic heterocycles. The van der Waals surface area contributed by atoms with E-state index in [9.17, 15) is 0 Å². The van der Waals surface area contributed by atoms with Gasteiger partial charge in [0.2, 0.25) is 0 Å². The lowest BCUT2D eigenvalue weighted by atomic mass is 9.91. The summed E-state index contributed by atoms with van der Waals surface area (Å²) in [5.74, 6) is 0.418. The Bertz CT molecular complexity index is 1610. The van der Waals surface area contributed by atoms with E-state index >= 15 is 0 Å². The van der Waals surface area contributed by atoms with E-state index in [1.54, 1.807) is 0 Å². The molecule has 1 nitrogen and oxygen atoms in total. The predicted molar refractivity (Wildman–Crippen MR) is 146 cm³/mol. The lowest BCUT2D eigenvalue weighted by Crippen LogP contribution is -1.97. The molecule has 0 radical (unpaired) electrons. The number of hydrogen-bond acceptors (Lipinski definition) is 0. The number of fused-ring (bicyclic) bond motifs is 3. The Kier molecular flexibility index (Phi) is 5.04. The molecule has 1 heterocycles. The lowest BCUT2D eigenvalue weighted by Gasteiger charge is -2.16. The summed E-state index contributed by atoms with van der Waals surface area (Å²) in [6.07, 6.45) is 0. The van der Waals surface area contributed by atoms with Crippen LogP contribution in [0.2, 0.25) is 0 Å². The van der Waals surface area contributed by atoms with Crippen molar-refractivity contribution in [2.24, 2.45) is 0 Å². The predicted octanol–water partition coefficient (Wildman–Crippen LogP) is 9.24. The fourth-order valence-electron chi connectivity index (χ4n) is 5.11. The molecule has 6 rings (SSSR count). The number of rotatable bonds is 4. The molecule has 0 atom stereocenters. The summed E-state index contributed by atoms with van der Waals surface area (Å²) in [5.41, 5.74) is 10.1. The van der Waals surface area contributed by atoms with E-state index < -0.39 is 0 Å². The fourth-order valence-corrected chi connectivity index (χ4v) is 5.11. The zero-order valence-corrected chi connectivity index (χ0v) is 19.6. The lowest BCUT2D eigenvalue weighted by molar-refractivity contribution is 0.870. The first-order valence-electron chi connectivity index (χ1n) is 12.0. The van der Waals surface area contributed by atoms with Crippen molar-refractivity contribution in [1.29, 1.82) is 0 Å². The average Bonchev–Trinajstić information content (AvgIpc) is 3.22. The van der Waals surface area contributed by atoms with Gasteiger partial charge in [0.1, 0.15) is 0 Å². The highest BCUT2D eigenvalue weighted by Crippen LogP contribution is 2.39. The molecule has 5 aromatic carbocycles. The van der Waals surface area contributed by atoms with Crippen LogP contribution >= 0.6 is 0 Å². The molecule has 0 spiro atoms. The van der Waals surface area contributed by atoms with Gasteiger partial charge in [0, 0.05) is 16.5 Å². The van der Waals surface area contributed by atoms with Crippen LogP contribution in [-0.2, 0) is 0 Å². The van der Waals surface area contributed by atoms with Crippen molar-refractivity contribution in [3.63, 3.8) is 0 Å². The second kappa shape index (κ2) is 8.35. The molecule has 34 heavy (non-hydrogen) atoms. The van der Waals surface area contributed by atoms with Gasteiger partial charge in [0.15, 0.2) is 0 Å². The van der Waals surface area contributed by atoms with E-state index in [0.717, 1.165) is 0 Å². The minimum absolute atomic E-state index is 0.418. The van der Waals surface area contributed by atoms with Crippen LogP contribution in [0.5, 0.6) is 0 Å². The maximum atomic E-state index is 2.43. The highest BCUT2D eigenvalue weighted by atomic mass is 15.0. The van der Waals surface area contributed by atoms with Gasteiger partial charge in [0.25, 0.3) is 0 Å². The van der Waals surface area contributed by atoms with Crippen LogP contribution in [0.25, 0.3) is 49.7 Å². The van der Waals surface area contributed by atoms with Gasteiger partial charge in [-0.3, -0.25) is 0 Å². The van der Waals surface area contributed by atoms with Crippen molar-refractivity contribution in [1.82, 2.24) is 4.57 Å². The summed E-state index contributed by atoms with van der Waals surface area (Å²) < 4.78 is 2.43. The highest BCUT2D eigenvalue weighted by molar-refractivity contribution is 6.11.